The molecule has 0 aliphatic heterocycles. The molecule has 144 valence electrons. The van der Waals surface area contributed by atoms with Gasteiger partial charge in [0.05, 0.1) is 5.56 Å². The third-order valence-electron chi connectivity index (χ3n) is 4.14. The van der Waals surface area contributed by atoms with Crippen molar-refractivity contribution in [1.29, 1.82) is 0 Å². The SMILES string of the molecule is CCCCc1ccc(NC(=O)Nc2ccc(NCCC)c(C(N)=O)c2)cc1. The van der Waals surface area contributed by atoms with Crippen LogP contribution in [0.25, 0.3) is 0 Å². The third-order valence-corrected chi connectivity index (χ3v) is 4.14. The lowest BCUT2D eigenvalue weighted by Crippen LogP contribution is -2.20. The Balaban J connectivity index is 2.00. The van der Waals surface area contributed by atoms with Gasteiger partial charge in [-0.2, -0.15) is 0 Å². The molecule has 0 heterocycles. The number of carbonyl (C=O) groups is 2. The maximum Gasteiger partial charge on any atom is 0.323 e. The molecule has 27 heavy (non-hydrogen) atoms. The van der Waals surface area contributed by atoms with Gasteiger partial charge in [-0.05, 0) is 55.2 Å². The van der Waals surface area contributed by atoms with E-state index in [0.29, 0.717) is 22.6 Å². The van der Waals surface area contributed by atoms with Crippen molar-refractivity contribution < 1.29 is 9.59 Å². The van der Waals surface area contributed by atoms with Gasteiger partial charge >= 0.3 is 6.03 Å². The molecule has 6 heteroatoms. The maximum absolute atomic E-state index is 12.2. The summed E-state index contributed by atoms with van der Waals surface area (Å²) in [6.45, 7) is 4.94. The first-order chi connectivity index (χ1) is 13.0. The van der Waals surface area contributed by atoms with E-state index >= 15 is 0 Å². The van der Waals surface area contributed by atoms with Crippen LogP contribution in [-0.2, 0) is 6.42 Å². The Morgan fingerprint density at radius 2 is 1.59 bits per heavy atom. The summed E-state index contributed by atoms with van der Waals surface area (Å²) >= 11 is 0. The standard InChI is InChI=1S/C21H28N4O2/c1-3-5-6-15-7-9-16(10-8-15)24-21(27)25-17-11-12-19(23-13-4-2)18(14-17)20(22)26/h7-12,14,23H,3-6,13H2,1-2H3,(H2,22,26)(H2,24,25,27). The summed E-state index contributed by atoms with van der Waals surface area (Å²) in [4.78, 5) is 23.9. The summed E-state index contributed by atoms with van der Waals surface area (Å²) in [5, 5.41) is 8.68. The predicted octanol–water partition coefficient (Wildman–Crippen LogP) is 4.59. The van der Waals surface area contributed by atoms with Crippen LogP contribution in [0.1, 0.15) is 49.0 Å². The number of hydrogen-bond donors (Lipinski definition) is 4. The molecule has 0 fully saturated rings. The van der Waals surface area contributed by atoms with Crippen LogP contribution in [0.4, 0.5) is 21.9 Å². The van der Waals surface area contributed by atoms with Crippen molar-refractivity contribution in [3.8, 4) is 0 Å². The molecule has 0 saturated heterocycles. The Labute approximate surface area is 160 Å². The summed E-state index contributed by atoms with van der Waals surface area (Å²) in [6, 6.07) is 12.5. The van der Waals surface area contributed by atoms with Crippen molar-refractivity contribution >= 4 is 29.0 Å². The van der Waals surface area contributed by atoms with Gasteiger partial charge in [0.2, 0.25) is 0 Å². The smallest absolute Gasteiger partial charge is 0.323 e. The fraction of sp³-hybridized carbons (Fsp3) is 0.333. The van der Waals surface area contributed by atoms with Gasteiger partial charge in [-0.3, -0.25) is 4.79 Å². The number of unbranched alkanes of at least 4 members (excludes halogenated alkanes) is 1. The summed E-state index contributed by atoms with van der Waals surface area (Å²) in [7, 11) is 0. The lowest BCUT2D eigenvalue weighted by Gasteiger charge is -2.13. The minimum absolute atomic E-state index is 0.349. The van der Waals surface area contributed by atoms with E-state index in [0.717, 1.165) is 32.2 Å². The molecule has 0 saturated carbocycles. The Morgan fingerprint density at radius 1 is 0.926 bits per heavy atom. The van der Waals surface area contributed by atoms with Crippen LogP contribution >= 0.6 is 0 Å². The zero-order valence-electron chi connectivity index (χ0n) is 16.0. The van der Waals surface area contributed by atoms with Gasteiger partial charge in [0.25, 0.3) is 5.91 Å². The second-order valence-electron chi connectivity index (χ2n) is 6.43. The number of nitrogens with two attached hydrogens (primary N) is 1. The Morgan fingerprint density at radius 3 is 2.22 bits per heavy atom. The lowest BCUT2D eigenvalue weighted by atomic mass is 10.1. The zero-order valence-corrected chi connectivity index (χ0v) is 16.0. The first-order valence-corrected chi connectivity index (χ1v) is 9.38. The van der Waals surface area contributed by atoms with Crippen molar-refractivity contribution in [1.82, 2.24) is 0 Å². The third kappa shape index (κ3) is 6.33. The van der Waals surface area contributed by atoms with E-state index in [1.807, 2.05) is 31.2 Å². The molecular formula is C21H28N4O2. The average molecular weight is 368 g/mol. The molecule has 0 aliphatic carbocycles. The number of rotatable bonds is 9. The van der Waals surface area contributed by atoms with Gasteiger partial charge in [-0.25, -0.2) is 4.79 Å². The number of carbonyl (C=O) groups excluding carboxylic acids is 2. The molecule has 2 aromatic carbocycles. The molecule has 0 radical (unpaired) electrons. The van der Waals surface area contributed by atoms with Crippen LogP contribution in [0.2, 0.25) is 0 Å². The molecule has 0 spiro atoms. The van der Waals surface area contributed by atoms with Crippen LogP contribution in [0.3, 0.4) is 0 Å². The van der Waals surface area contributed by atoms with E-state index < -0.39 is 5.91 Å². The number of primary amides is 1. The van der Waals surface area contributed by atoms with Crippen molar-refractivity contribution in [3.63, 3.8) is 0 Å². The van der Waals surface area contributed by atoms with E-state index in [1.165, 1.54) is 5.56 Å². The largest absolute Gasteiger partial charge is 0.384 e. The quantitative estimate of drug-likeness (QED) is 0.521. The second kappa shape index (κ2) is 10.2. The van der Waals surface area contributed by atoms with Crippen molar-refractivity contribution in [3.05, 3.63) is 53.6 Å². The summed E-state index contributed by atoms with van der Waals surface area (Å²) in [5.41, 5.74) is 8.93. The first-order valence-electron chi connectivity index (χ1n) is 9.38. The molecule has 0 unspecified atom stereocenters. The molecule has 3 amide bonds. The van der Waals surface area contributed by atoms with Crippen molar-refractivity contribution in [2.45, 2.75) is 39.5 Å². The molecule has 5 N–H and O–H groups in total. The second-order valence-corrected chi connectivity index (χ2v) is 6.43. The number of hydrogen-bond acceptors (Lipinski definition) is 3. The molecule has 0 bridgehead atoms. The number of urea groups is 1. The fourth-order valence-electron chi connectivity index (χ4n) is 2.67. The topological polar surface area (TPSA) is 96.2 Å². The minimum atomic E-state index is -0.541. The summed E-state index contributed by atoms with van der Waals surface area (Å²) in [6.07, 6.45) is 4.27. The molecule has 0 aromatic heterocycles. The minimum Gasteiger partial charge on any atom is -0.384 e. The van der Waals surface area contributed by atoms with Crippen LogP contribution in [-0.4, -0.2) is 18.5 Å². The Hall–Kier alpha value is -3.02. The van der Waals surface area contributed by atoms with Gasteiger partial charge in [0.15, 0.2) is 0 Å². The van der Waals surface area contributed by atoms with Gasteiger partial charge < -0.3 is 21.7 Å². The van der Waals surface area contributed by atoms with Gasteiger partial charge in [0, 0.05) is 23.6 Å². The van der Waals surface area contributed by atoms with Gasteiger partial charge in [0.1, 0.15) is 0 Å². The van der Waals surface area contributed by atoms with E-state index in [1.54, 1.807) is 18.2 Å². The fourth-order valence-corrected chi connectivity index (χ4v) is 2.67. The molecule has 0 aliphatic rings. The normalized spacial score (nSPS) is 10.3. The molecule has 0 atom stereocenters. The number of aryl methyl sites for hydroxylation is 1. The highest BCUT2D eigenvalue weighted by atomic mass is 16.2. The molecule has 2 rings (SSSR count). The van der Waals surface area contributed by atoms with Crippen LogP contribution in [0.15, 0.2) is 42.5 Å². The summed E-state index contributed by atoms with van der Waals surface area (Å²) in [5.74, 6) is -0.541. The maximum atomic E-state index is 12.2. The highest BCUT2D eigenvalue weighted by molar-refractivity contribution is 6.03. The average Bonchev–Trinajstić information content (AvgIpc) is 2.66. The van der Waals surface area contributed by atoms with Crippen LogP contribution in [0.5, 0.6) is 0 Å². The monoisotopic (exact) mass is 368 g/mol. The number of amides is 3. The van der Waals surface area contributed by atoms with Crippen molar-refractivity contribution in [2.75, 3.05) is 22.5 Å². The van der Waals surface area contributed by atoms with E-state index in [-0.39, 0.29) is 6.03 Å². The van der Waals surface area contributed by atoms with Crippen molar-refractivity contribution in [2.24, 2.45) is 5.73 Å². The first kappa shape index (κ1) is 20.3. The molecule has 2 aromatic rings. The predicted molar refractivity (Wildman–Crippen MR) is 111 cm³/mol. The van der Waals surface area contributed by atoms with Crippen LogP contribution in [0, 0.1) is 0 Å². The lowest BCUT2D eigenvalue weighted by molar-refractivity contribution is 0.100. The van der Waals surface area contributed by atoms with Crippen LogP contribution < -0.4 is 21.7 Å². The van der Waals surface area contributed by atoms with Gasteiger partial charge in [-0.15, -0.1) is 0 Å². The number of nitrogens with one attached hydrogen (secondary N) is 3. The Bertz CT molecular complexity index is 772. The zero-order chi connectivity index (χ0) is 19.6. The highest BCUT2D eigenvalue weighted by Crippen LogP contribution is 2.21. The molecular weight excluding hydrogens is 340 g/mol. The highest BCUT2D eigenvalue weighted by Gasteiger charge is 2.11. The number of benzene rings is 2. The van der Waals surface area contributed by atoms with E-state index in [2.05, 4.69) is 22.9 Å². The molecule has 6 nitrogen and oxygen atoms in total. The van der Waals surface area contributed by atoms with E-state index in [9.17, 15) is 9.59 Å². The summed E-state index contributed by atoms with van der Waals surface area (Å²) < 4.78 is 0. The number of anilines is 3. The van der Waals surface area contributed by atoms with E-state index in [4.69, 9.17) is 5.73 Å². The van der Waals surface area contributed by atoms with Gasteiger partial charge in [-0.1, -0.05) is 32.4 Å². The Kier molecular flexibility index (Phi) is 7.67.